The zero-order chi connectivity index (χ0) is 19.4. The second kappa shape index (κ2) is 6.51. The van der Waals surface area contributed by atoms with Gasteiger partial charge in [0.05, 0.1) is 17.9 Å². The predicted molar refractivity (Wildman–Crippen MR) is 94.2 cm³/mol. The molecule has 0 aromatic rings. The predicted octanol–water partition coefficient (Wildman–Crippen LogP) is 1.50. The third-order valence-electron chi connectivity index (χ3n) is 5.89. The average molecular weight is 383 g/mol. The van der Waals surface area contributed by atoms with E-state index in [1.54, 1.807) is 0 Å². The summed E-state index contributed by atoms with van der Waals surface area (Å²) < 4.78 is 11.1. The van der Waals surface area contributed by atoms with Crippen molar-refractivity contribution in [2.45, 2.75) is 43.7 Å². The summed E-state index contributed by atoms with van der Waals surface area (Å²) in [7, 11) is 0. The number of aliphatic hydroxyl groups excluding tert-OH is 1. The lowest BCUT2D eigenvalue weighted by Gasteiger charge is -2.37. The highest BCUT2D eigenvalue weighted by Crippen LogP contribution is 2.55. The van der Waals surface area contributed by atoms with Crippen molar-refractivity contribution < 1.29 is 29.3 Å². The van der Waals surface area contributed by atoms with Crippen molar-refractivity contribution in [1.82, 2.24) is 0 Å². The summed E-state index contributed by atoms with van der Waals surface area (Å²) in [6.45, 7) is 13.0. The smallest absolute Gasteiger partial charge is 0.334 e. The maximum Gasteiger partial charge on any atom is 0.334 e. The Hall–Kier alpha value is -1.63. The maximum atomic E-state index is 12.2. The van der Waals surface area contributed by atoms with Gasteiger partial charge in [0.1, 0.15) is 17.8 Å². The number of carbonyl (C=O) groups excluding carboxylic acids is 2. The number of halogens is 1. The Morgan fingerprint density at radius 1 is 1.46 bits per heavy atom. The van der Waals surface area contributed by atoms with E-state index in [0.717, 1.165) is 0 Å². The number of carbonyl (C=O) groups is 2. The van der Waals surface area contributed by atoms with Gasteiger partial charge in [-0.05, 0) is 19.3 Å². The van der Waals surface area contributed by atoms with Crippen molar-refractivity contribution in [2.75, 3.05) is 5.88 Å². The molecular formula is C19H23ClO6. The molecule has 0 aromatic heterocycles. The molecule has 3 aliphatic rings. The van der Waals surface area contributed by atoms with Gasteiger partial charge in [0.15, 0.2) is 0 Å². The fourth-order valence-electron chi connectivity index (χ4n) is 4.50. The van der Waals surface area contributed by atoms with E-state index in [-0.39, 0.29) is 35.8 Å². The summed E-state index contributed by atoms with van der Waals surface area (Å²) in [6.07, 6.45) is -2.04. The van der Waals surface area contributed by atoms with Crippen LogP contribution in [0.4, 0.5) is 0 Å². The minimum atomic E-state index is -1.63. The van der Waals surface area contributed by atoms with Gasteiger partial charge in [-0.1, -0.05) is 25.3 Å². The summed E-state index contributed by atoms with van der Waals surface area (Å²) in [4.78, 5) is 24.3. The van der Waals surface area contributed by atoms with Gasteiger partial charge in [0.2, 0.25) is 0 Å². The number of rotatable bonds is 3. The van der Waals surface area contributed by atoms with Gasteiger partial charge in [-0.25, -0.2) is 9.59 Å². The molecule has 3 rings (SSSR count). The van der Waals surface area contributed by atoms with Crippen LogP contribution in [0.3, 0.4) is 0 Å². The summed E-state index contributed by atoms with van der Waals surface area (Å²) in [6, 6.07) is 0. The van der Waals surface area contributed by atoms with Gasteiger partial charge < -0.3 is 19.7 Å². The molecule has 142 valence electrons. The highest BCUT2D eigenvalue weighted by molar-refractivity contribution is 6.18. The Morgan fingerprint density at radius 3 is 2.69 bits per heavy atom. The third-order valence-corrected chi connectivity index (χ3v) is 6.32. The second-order valence-corrected chi connectivity index (χ2v) is 7.78. The topological polar surface area (TPSA) is 93.1 Å². The van der Waals surface area contributed by atoms with Crippen LogP contribution in [0.1, 0.15) is 19.8 Å². The molecule has 0 bridgehead atoms. The lowest BCUT2D eigenvalue weighted by atomic mass is 9.76. The highest BCUT2D eigenvalue weighted by atomic mass is 35.5. The number of ether oxygens (including phenoxy) is 2. The molecule has 26 heavy (non-hydrogen) atoms. The van der Waals surface area contributed by atoms with Gasteiger partial charge in [0.25, 0.3) is 0 Å². The van der Waals surface area contributed by atoms with Gasteiger partial charge in [0, 0.05) is 23.5 Å². The zero-order valence-corrected chi connectivity index (χ0v) is 15.4. The molecule has 2 aliphatic carbocycles. The van der Waals surface area contributed by atoms with Crippen LogP contribution >= 0.6 is 11.6 Å². The van der Waals surface area contributed by atoms with E-state index in [9.17, 15) is 19.8 Å². The highest BCUT2D eigenvalue weighted by Gasteiger charge is 2.64. The van der Waals surface area contributed by atoms with E-state index in [1.165, 1.54) is 6.92 Å². The van der Waals surface area contributed by atoms with E-state index in [4.69, 9.17) is 21.1 Å². The number of alkyl halides is 1. The molecule has 0 amide bonds. The van der Waals surface area contributed by atoms with Crippen LogP contribution in [0.2, 0.25) is 0 Å². The van der Waals surface area contributed by atoms with Gasteiger partial charge in [-0.2, -0.15) is 0 Å². The molecule has 0 aromatic carbocycles. The van der Waals surface area contributed by atoms with Crippen LogP contribution < -0.4 is 0 Å². The Balaban J connectivity index is 2.04. The molecule has 1 aliphatic heterocycles. The summed E-state index contributed by atoms with van der Waals surface area (Å²) in [5, 5.41) is 21.4. The van der Waals surface area contributed by atoms with Crippen LogP contribution in [0.25, 0.3) is 0 Å². The van der Waals surface area contributed by atoms with Crippen molar-refractivity contribution in [3.63, 3.8) is 0 Å². The summed E-state index contributed by atoms with van der Waals surface area (Å²) >= 11 is 5.99. The minimum Gasteiger partial charge on any atom is -0.458 e. The molecule has 0 unspecified atom stereocenters. The molecule has 3 fully saturated rings. The van der Waals surface area contributed by atoms with Crippen molar-refractivity contribution in [2.24, 2.45) is 17.8 Å². The van der Waals surface area contributed by atoms with E-state index in [1.807, 2.05) is 0 Å². The first-order valence-corrected chi connectivity index (χ1v) is 9.05. The molecule has 7 atom stereocenters. The monoisotopic (exact) mass is 382 g/mol. The summed E-state index contributed by atoms with van der Waals surface area (Å²) in [5.74, 6) is -2.99. The lowest BCUT2D eigenvalue weighted by molar-refractivity contribution is -0.155. The van der Waals surface area contributed by atoms with Crippen molar-refractivity contribution in [3.05, 3.63) is 36.5 Å². The lowest BCUT2D eigenvalue weighted by Crippen LogP contribution is -2.52. The van der Waals surface area contributed by atoms with Crippen molar-refractivity contribution >= 4 is 23.5 Å². The minimum absolute atomic E-state index is 0.182. The van der Waals surface area contributed by atoms with Crippen LogP contribution in [0, 0.1) is 17.8 Å². The first kappa shape index (κ1) is 19.1. The van der Waals surface area contributed by atoms with E-state index >= 15 is 0 Å². The van der Waals surface area contributed by atoms with Crippen LogP contribution in [-0.4, -0.2) is 51.9 Å². The zero-order valence-electron chi connectivity index (χ0n) is 14.6. The standard InChI is InChI=1S/C19H23ClO6/c1-8(2)17(22)25-12-5-9(3)11-6-13(21)19(24,7-20)15(11)16-14(12)10(4)18(23)26-16/h11-16,21,24H,1,3-7H2,2H3/t11-,12-,13-,14-,15-,16+,19+/m1/s1. The van der Waals surface area contributed by atoms with Crippen LogP contribution in [0.15, 0.2) is 36.5 Å². The molecule has 1 heterocycles. The first-order valence-electron chi connectivity index (χ1n) is 8.52. The number of fused-ring (bicyclic) bond motifs is 3. The summed E-state index contributed by atoms with van der Waals surface area (Å²) in [5.41, 5.74) is -0.495. The fraction of sp³-hybridized carbons (Fsp3) is 0.579. The van der Waals surface area contributed by atoms with E-state index < -0.39 is 47.7 Å². The molecule has 1 saturated heterocycles. The van der Waals surface area contributed by atoms with Gasteiger partial charge in [-0.3, -0.25) is 0 Å². The molecule has 2 N–H and O–H groups in total. The Bertz CT molecular complexity index is 700. The van der Waals surface area contributed by atoms with Gasteiger partial charge in [-0.15, -0.1) is 11.6 Å². The normalized spacial score (nSPS) is 41.9. The molecule has 0 spiro atoms. The molecule has 0 radical (unpaired) electrons. The SMILES string of the molecule is C=C(C)C(=O)O[C@@H]1CC(=C)[C@H]2C[C@@H](O)[C@@](O)(CCl)[C@H]2[C@H]2OC(=O)C(=C)[C@@H]21. The van der Waals surface area contributed by atoms with Crippen molar-refractivity contribution in [3.8, 4) is 0 Å². The first-order chi connectivity index (χ1) is 12.1. The van der Waals surface area contributed by atoms with Gasteiger partial charge >= 0.3 is 11.9 Å². The Labute approximate surface area is 157 Å². The van der Waals surface area contributed by atoms with Crippen molar-refractivity contribution in [1.29, 1.82) is 0 Å². The molecule has 6 nitrogen and oxygen atoms in total. The number of esters is 2. The molecule has 7 heteroatoms. The number of hydrogen-bond donors (Lipinski definition) is 2. The third kappa shape index (κ3) is 2.71. The van der Waals surface area contributed by atoms with Crippen LogP contribution in [-0.2, 0) is 19.1 Å². The van der Waals surface area contributed by atoms with Crippen LogP contribution in [0.5, 0.6) is 0 Å². The number of aliphatic hydroxyl groups is 2. The quantitative estimate of drug-likeness (QED) is 0.332. The second-order valence-electron chi connectivity index (χ2n) is 7.52. The molecule has 2 saturated carbocycles. The fourth-order valence-corrected chi connectivity index (χ4v) is 4.86. The number of hydrogen-bond acceptors (Lipinski definition) is 6. The maximum absolute atomic E-state index is 12.2. The Kier molecular flexibility index (Phi) is 4.80. The van der Waals surface area contributed by atoms with E-state index in [2.05, 4.69) is 19.7 Å². The van der Waals surface area contributed by atoms with E-state index in [0.29, 0.717) is 5.57 Å². The largest absolute Gasteiger partial charge is 0.458 e. The molecular weight excluding hydrogens is 360 g/mol. The Morgan fingerprint density at radius 2 is 2.12 bits per heavy atom. The average Bonchev–Trinajstić information content (AvgIpc) is 2.97.